The molecule has 5 nitrogen and oxygen atoms in total. The first kappa shape index (κ1) is 21.5. The smallest absolute Gasteiger partial charge is 0.355 e. The Hall–Kier alpha value is -1.18. The van der Waals surface area contributed by atoms with E-state index in [-0.39, 0.29) is 23.6 Å². The average Bonchev–Trinajstić information content (AvgIpc) is 3.22. The van der Waals surface area contributed by atoms with Gasteiger partial charge in [-0.2, -0.15) is 0 Å². The van der Waals surface area contributed by atoms with Crippen molar-refractivity contribution in [2.75, 3.05) is 5.75 Å². The Labute approximate surface area is 174 Å². The summed E-state index contributed by atoms with van der Waals surface area (Å²) in [5.74, 6) is 1.21. The van der Waals surface area contributed by atoms with Gasteiger partial charge in [0.05, 0.1) is 6.10 Å². The van der Waals surface area contributed by atoms with Crippen molar-refractivity contribution in [3.05, 3.63) is 23.2 Å². The lowest BCUT2D eigenvalue weighted by Crippen LogP contribution is -2.15. The first-order valence-electron chi connectivity index (χ1n) is 10.2. The van der Waals surface area contributed by atoms with Gasteiger partial charge in [-0.1, -0.05) is 43.2 Å². The summed E-state index contributed by atoms with van der Waals surface area (Å²) < 4.78 is 0.740. The highest BCUT2D eigenvalue weighted by Gasteiger charge is 2.32. The summed E-state index contributed by atoms with van der Waals surface area (Å²) in [7, 11) is 0. The largest absolute Gasteiger partial charge is 0.476 e. The molecule has 1 unspecified atom stereocenters. The number of carboxylic acids is 1. The molecule has 1 aromatic heterocycles. The normalized spacial score (nSPS) is 24.0. The molecule has 154 valence electrons. The molecule has 3 atom stereocenters. The number of carboxylic acid groups (broad SMARTS) is 1. The Morgan fingerprint density at radius 3 is 2.86 bits per heavy atom. The van der Waals surface area contributed by atoms with Crippen LogP contribution in [-0.2, 0) is 4.79 Å². The maximum Gasteiger partial charge on any atom is 0.355 e. The van der Waals surface area contributed by atoms with Crippen molar-refractivity contribution in [2.24, 2.45) is 17.8 Å². The summed E-state index contributed by atoms with van der Waals surface area (Å²) in [6.45, 7) is 0. The molecule has 3 rings (SSSR count). The van der Waals surface area contributed by atoms with Gasteiger partial charge in [0.15, 0.2) is 10.0 Å². The van der Waals surface area contributed by atoms with Crippen molar-refractivity contribution in [3.63, 3.8) is 0 Å². The van der Waals surface area contributed by atoms with Gasteiger partial charge in [0.2, 0.25) is 0 Å². The molecule has 0 amide bonds. The predicted octanol–water partition coefficient (Wildman–Crippen LogP) is 4.81. The van der Waals surface area contributed by atoms with Crippen LogP contribution < -0.4 is 0 Å². The third-order valence-electron chi connectivity index (χ3n) is 5.94. The minimum absolute atomic E-state index is 0.0368. The van der Waals surface area contributed by atoms with Gasteiger partial charge in [-0.15, -0.1) is 11.3 Å². The fraction of sp³-hybridized carbons (Fsp3) is 0.667. The Bertz CT molecular complexity index is 698. The zero-order chi connectivity index (χ0) is 19.9. The number of thioether (sulfide) groups is 1. The fourth-order valence-corrected chi connectivity index (χ4v) is 5.87. The van der Waals surface area contributed by atoms with E-state index in [2.05, 4.69) is 17.1 Å². The molecule has 0 spiro atoms. The summed E-state index contributed by atoms with van der Waals surface area (Å²) in [6, 6.07) is 0. The molecule has 0 saturated heterocycles. The van der Waals surface area contributed by atoms with Crippen LogP contribution >= 0.6 is 23.1 Å². The van der Waals surface area contributed by atoms with Gasteiger partial charge >= 0.3 is 5.97 Å². The monoisotopic (exact) mass is 423 g/mol. The SMILES string of the molecule is O=C(O)c1csc(SCC[C@H]2C(=O)CC[C@@H]2/C=C/CC(O)CCC2CCC2)n1. The molecule has 1 heterocycles. The number of allylic oxidation sites excluding steroid dienone is 1. The lowest BCUT2D eigenvalue weighted by molar-refractivity contribution is -0.121. The van der Waals surface area contributed by atoms with E-state index in [0.29, 0.717) is 18.6 Å². The molecule has 28 heavy (non-hydrogen) atoms. The quantitative estimate of drug-likeness (QED) is 0.392. The number of aromatic nitrogens is 1. The number of hydrogen-bond acceptors (Lipinski definition) is 6. The van der Waals surface area contributed by atoms with E-state index >= 15 is 0 Å². The van der Waals surface area contributed by atoms with Gasteiger partial charge in [-0.05, 0) is 43.9 Å². The summed E-state index contributed by atoms with van der Waals surface area (Å²) in [6.07, 6.45) is 12.9. The second-order valence-corrected chi connectivity index (χ2v) is 10.1. The second kappa shape index (κ2) is 10.6. The van der Waals surface area contributed by atoms with Crippen molar-refractivity contribution in [2.45, 2.75) is 68.2 Å². The highest BCUT2D eigenvalue weighted by atomic mass is 32.2. The van der Waals surface area contributed by atoms with Crippen LogP contribution in [0.3, 0.4) is 0 Å². The number of rotatable bonds is 11. The van der Waals surface area contributed by atoms with Crippen molar-refractivity contribution >= 4 is 34.9 Å². The molecular weight excluding hydrogens is 394 g/mol. The number of carbonyl (C=O) groups excluding carboxylic acids is 1. The summed E-state index contributed by atoms with van der Waals surface area (Å²) in [4.78, 5) is 27.2. The Morgan fingerprint density at radius 2 is 2.18 bits per heavy atom. The maximum atomic E-state index is 12.3. The van der Waals surface area contributed by atoms with Crippen LogP contribution in [0.2, 0.25) is 0 Å². The zero-order valence-corrected chi connectivity index (χ0v) is 17.7. The van der Waals surface area contributed by atoms with E-state index in [0.717, 1.165) is 41.7 Å². The number of thiazole rings is 1. The molecule has 7 heteroatoms. The number of ketones is 1. The first-order chi connectivity index (χ1) is 13.5. The Kier molecular flexibility index (Phi) is 8.11. The third kappa shape index (κ3) is 6.16. The molecule has 0 aromatic carbocycles. The van der Waals surface area contributed by atoms with Crippen LogP contribution in [0.4, 0.5) is 0 Å². The lowest BCUT2D eigenvalue weighted by atomic mass is 9.81. The van der Waals surface area contributed by atoms with Crippen molar-refractivity contribution in [1.29, 1.82) is 0 Å². The van der Waals surface area contributed by atoms with Gasteiger partial charge in [-0.25, -0.2) is 9.78 Å². The van der Waals surface area contributed by atoms with Crippen LogP contribution in [0, 0.1) is 17.8 Å². The number of aliphatic hydroxyl groups is 1. The molecule has 2 N–H and O–H groups in total. The van der Waals surface area contributed by atoms with E-state index in [1.807, 2.05) is 0 Å². The van der Waals surface area contributed by atoms with E-state index in [4.69, 9.17) is 5.11 Å². The van der Waals surface area contributed by atoms with Gasteiger partial charge < -0.3 is 10.2 Å². The van der Waals surface area contributed by atoms with Crippen LogP contribution in [-0.4, -0.2) is 38.8 Å². The third-order valence-corrected chi connectivity index (χ3v) is 7.99. The molecule has 0 radical (unpaired) electrons. The molecule has 2 fully saturated rings. The summed E-state index contributed by atoms with van der Waals surface area (Å²) in [5, 5.41) is 20.6. The molecule has 2 saturated carbocycles. The average molecular weight is 424 g/mol. The van der Waals surface area contributed by atoms with Gasteiger partial charge in [0.25, 0.3) is 0 Å². The molecule has 0 aliphatic heterocycles. The number of hydrogen-bond donors (Lipinski definition) is 2. The van der Waals surface area contributed by atoms with Gasteiger partial charge in [-0.3, -0.25) is 4.79 Å². The summed E-state index contributed by atoms with van der Waals surface area (Å²) in [5.41, 5.74) is 0.0844. The molecule has 0 bridgehead atoms. The van der Waals surface area contributed by atoms with Crippen molar-refractivity contribution in [1.82, 2.24) is 4.98 Å². The first-order valence-corrected chi connectivity index (χ1v) is 12.1. The molecule has 2 aliphatic rings. The fourth-order valence-electron chi connectivity index (χ4n) is 3.97. The molecule has 2 aliphatic carbocycles. The number of Topliss-reactive ketones (excluding diaryl/α,β-unsaturated/α-hetero) is 1. The second-order valence-electron chi connectivity index (χ2n) is 7.91. The van der Waals surface area contributed by atoms with Gasteiger partial charge in [0, 0.05) is 23.5 Å². The van der Waals surface area contributed by atoms with E-state index in [9.17, 15) is 14.7 Å². The van der Waals surface area contributed by atoms with Gasteiger partial charge in [0.1, 0.15) is 5.78 Å². The summed E-state index contributed by atoms with van der Waals surface area (Å²) >= 11 is 2.86. The maximum absolute atomic E-state index is 12.3. The highest BCUT2D eigenvalue weighted by molar-refractivity contribution is 8.01. The molecular formula is C21H29NO4S2. The highest BCUT2D eigenvalue weighted by Crippen LogP contribution is 2.35. The van der Waals surface area contributed by atoms with Crippen LogP contribution in [0.1, 0.15) is 68.3 Å². The van der Waals surface area contributed by atoms with Crippen LogP contribution in [0.5, 0.6) is 0 Å². The molecule has 1 aromatic rings. The number of nitrogens with zero attached hydrogens (tertiary/aromatic N) is 1. The minimum atomic E-state index is -1.01. The topological polar surface area (TPSA) is 87.5 Å². The van der Waals surface area contributed by atoms with E-state index in [1.54, 1.807) is 5.38 Å². The standard InChI is InChI=1S/C21H29NO4S2/c23-16(9-7-14-3-1-4-14)6-2-5-15-8-10-19(24)17(15)11-12-27-21-22-18(13-28-21)20(25)26/h2,5,13-17,23H,1,3-4,6-12H2,(H,25,26)/b5-2+/t15-,16?,17+/m0/s1. The van der Waals surface area contributed by atoms with Crippen molar-refractivity contribution < 1.29 is 19.8 Å². The lowest BCUT2D eigenvalue weighted by Gasteiger charge is -2.25. The Morgan fingerprint density at radius 1 is 1.36 bits per heavy atom. The number of aliphatic hydroxyl groups excluding tert-OH is 1. The number of aromatic carboxylic acids is 1. The van der Waals surface area contributed by atoms with Crippen LogP contribution in [0.15, 0.2) is 21.9 Å². The minimum Gasteiger partial charge on any atom is -0.476 e. The van der Waals surface area contributed by atoms with E-state index in [1.165, 1.54) is 42.4 Å². The van der Waals surface area contributed by atoms with E-state index < -0.39 is 5.97 Å². The van der Waals surface area contributed by atoms with Crippen LogP contribution in [0.25, 0.3) is 0 Å². The zero-order valence-electron chi connectivity index (χ0n) is 16.1. The predicted molar refractivity (Wildman–Crippen MR) is 112 cm³/mol. The number of carbonyl (C=O) groups is 2. The Balaban J connectivity index is 1.39. The van der Waals surface area contributed by atoms with Crippen molar-refractivity contribution in [3.8, 4) is 0 Å².